The zero-order valence-electron chi connectivity index (χ0n) is 9.01. The largest absolute Gasteiger partial charge is 0.486 e. The summed E-state index contributed by atoms with van der Waals surface area (Å²) in [7, 11) is 0. The average Bonchev–Trinajstić information content (AvgIpc) is 2.30. The molecule has 1 heterocycles. The summed E-state index contributed by atoms with van der Waals surface area (Å²) < 4.78 is 5.66. The van der Waals surface area contributed by atoms with Crippen LogP contribution in [0.2, 0.25) is 0 Å². The summed E-state index contributed by atoms with van der Waals surface area (Å²) in [5.74, 6) is 0.583. The number of H-pyrrole nitrogens is 1. The molecule has 2 aromatic rings. The lowest BCUT2D eigenvalue weighted by atomic mass is 10.1. The highest BCUT2D eigenvalue weighted by Crippen LogP contribution is 2.19. The van der Waals surface area contributed by atoms with Crippen molar-refractivity contribution in [3.8, 4) is 5.75 Å². The molecule has 3 heteroatoms. The standard InChI is InChI=1S/C13H13NO2/c1-10(11-5-3-2-4-6-11)16-12-7-8-14-13(15)9-12/h2-10H,1H3,(H,14,15)/t10-/m0/s1. The van der Waals surface area contributed by atoms with Crippen LogP contribution in [0.5, 0.6) is 5.75 Å². The predicted octanol–water partition coefficient (Wildman–Crippen LogP) is 2.51. The summed E-state index contributed by atoms with van der Waals surface area (Å²) in [5.41, 5.74) is 0.931. The van der Waals surface area contributed by atoms with E-state index >= 15 is 0 Å². The highest BCUT2D eigenvalue weighted by atomic mass is 16.5. The number of nitrogens with one attached hydrogen (secondary N) is 1. The summed E-state index contributed by atoms with van der Waals surface area (Å²) in [5, 5.41) is 0. The first-order valence-corrected chi connectivity index (χ1v) is 5.16. The van der Waals surface area contributed by atoms with Crippen LogP contribution in [-0.4, -0.2) is 4.98 Å². The lowest BCUT2D eigenvalue weighted by Gasteiger charge is -2.14. The molecule has 0 aliphatic carbocycles. The fourth-order valence-corrected chi connectivity index (χ4v) is 1.49. The lowest BCUT2D eigenvalue weighted by Crippen LogP contribution is -2.07. The van der Waals surface area contributed by atoms with Gasteiger partial charge in [0.05, 0.1) is 0 Å². The average molecular weight is 215 g/mol. The van der Waals surface area contributed by atoms with Crippen LogP contribution >= 0.6 is 0 Å². The Morgan fingerprint density at radius 3 is 2.62 bits per heavy atom. The minimum Gasteiger partial charge on any atom is -0.486 e. The topological polar surface area (TPSA) is 42.1 Å². The van der Waals surface area contributed by atoms with Crippen LogP contribution in [0.3, 0.4) is 0 Å². The van der Waals surface area contributed by atoms with Gasteiger partial charge in [-0.05, 0) is 18.6 Å². The number of rotatable bonds is 3. The van der Waals surface area contributed by atoms with Crippen LogP contribution in [0.4, 0.5) is 0 Å². The predicted molar refractivity (Wildman–Crippen MR) is 62.5 cm³/mol. The van der Waals surface area contributed by atoms with Gasteiger partial charge in [-0.3, -0.25) is 4.79 Å². The van der Waals surface area contributed by atoms with E-state index in [2.05, 4.69) is 4.98 Å². The van der Waals surface area contributed by atoms with E-state index in [1.54, 1.807) is 12.3 Å². The quantitative estimate of drug-likeness (QED) is 0.854. The molecule has 0 unspecified atom stereocenters. The highest BCUT2D eigenvalue weighted by Gasteiger charge is 2.06. The smallest absolute Gasteiger partial charge is 0.251 e. The summed E-state index contributed by atoms with van der Waals surface area (Å²) in [6.45, 7) is 1.95. The van der Waals surface area contributed by atoms with Gasteiger partial charge in [-0.2, -0.15) is 0 Å². The molecule has 1 atom stereocenters. The molecule has 1 aromatic heterocycles. The van der Waals surface area contributed by atoms with Crippen LogP contribution in [0.15, 0.2) is 53.5 Å². The molecule has 0 saturated carbocycles. The van der Waals surface area contributed by atoms with Crippen LogP contribution in [-0.2, 0) is 0 Å². The van der Waals surface area contributed by atoms with Gasteiger partial charge >= 0.3 is 0 Å². The van der Waals surface area contributed by atoms with Crippen molar-refractivity contribution < 1.29 is 4.74 Å². The molecule has 1 aromatic carbocycles. The summed E-state index contributed by atoms with van der Waals surface area (Å²) in [6, 6.07) is 13.1. The van der Waals surface area contributed by atoms with Crippen LogP contribution in [0, 0.1) is 0 Å². The van der Waals surface area contributed by atoms with Gasteiger partial charge in [-0.1, -0.05) is 30.3 Å². The van der Waals surface area contributed by atoms with E-state index in [4.69, 9.17) is 4.74 Å². The Morgan fingerprint density at radius 1 is 1.19 bits per heavy atom. The molecule has 0 radical (unpaired) electrons. The molecule has 0 spiro atoms. The number of hydrogen-bond acceptors (Lipinski definition) is 2. The van der Waals surface area contributed by atoms with E-state index < -0.39 is 0 Å². The first kappa shape index (κ1) is 10.5. The van der Waals surface area contributed by atoms with Gasteiger partial charge in [0, 0.05) is 12.3 Å². The second-order valence-corrected chi connectivity index (χ2v) is 3.56. The fraction of sp³-hybridized carbons (Fsp3) is 0.154. The van der Waals surface area contributed by atoms with Crippen molar-refractivity contribution in [2.75, 3.05) is 0 Å². The Balaban J connectivity index is 2.14. The monoisotopic (exact) mass is 215 g/mol. The van der Waals surface area contributed by atoms with Crippen LogP contribution < -0.4 is 10.3 Å². The van der Waals surface area contributed by atoms with Gasteiger partial charge in [0.15, 0.2) is 0 Å². The number of benzene rings is 1. The molecule has 3 nitrogen and oxygen atoms in total. The molecule has 0 saturated heterocycles. The molecule has 0 amide bonds. The first-order valence-electron chi connectivity index (χ1n) is 5.16. The van der Waals surface area contributed by atoms with E-state index in [1.165, 1.54) is 6.07 Å². The zero-order valence-corrected chi connectivity index (χ0v) is 9.01. The molecule has 0 aliphatic rings. The third-order valence-corrected chi connectivity index (χ3v) is 2.33. The van der Waals surface area contributed by atoms with Crippen molar-refractivity contribution in [1.82, 2.24) is 4.98 Å². The van der Waals surface area contributed by atoms with E-state index in [1.807, 2.05) is 37.3 Å². The SMILES string of the molecule is C[C@H](Oc1cc[nH]c(=O)c1)c1ccccc1. The van der Waals surface area contributed by atoms with Gasteiger partial charge in [0.1, 0.15) is 11.9 Å². The number of pyridine rings is 1. The van der Waals surface area contributed by atoms with Gasteiger partial charge in [0.2, 0.25) is 0 Å². The van der Waals surface area contributed by atoms with E-state index in [0.717, 1.165) is 5.56 Å². The maximum Gasteiger partial charge on any atom is 0.251 e. The Bertz CT molecular complexity index is 505. The molecule has 0 aliphatic heterocycles. The summed E-state index contributed by atoms with van der Waals surface area (Å²) in [4.78, 5) is 13.6. The fourth-order valence-electron chi connectivity index (χ4n) is 1.49. The molecular formula is C13H13NO2. The van der Waals surface area contributed by atoms with Crippen molar-refractivity contribution in [2.45, 2.75) is 13.0 Å². The van der Waals surface area contributed by atoms with Crippen molar-refractivity contribution >= 4 is 0 Å². The highest BCUT2D eigenvalue weighted by molar-refractivity contribution is 5.21. The Hall–Kier alpha value is -2.03. The second-order valence-electron chi connectivity index (χ2n) is 3.56. The zero-order chi connectivity index (χ0) is 11.4. The van der Waals surface area contributed by atoms with Crippen molar-refractivity contribution in [3.63, 3.8) is 0 Å². The van der Waals surface area contributed by atoms with Crippen molar-refractivity contribution in [3.05, 3.63) is 64.6 Å². The Labute approximate surface area is 93.7 Å². The molecule has 16 heavy (non-hydrogen) atoms. The molecule has 2 rings (SSSR count). The maximum atomic E-state index is 11.1. The Kier molecular flexibility index (Phi) is 3.05. The third-order valence-electron chi connectivity index (χ3n) is 2.33. The summed E-state index contributed by atoms with van der Waals surface area (Å²) >= 11 is 0. The van der Waals surface area contributed by atoms with Crippen LogP contribution in [0.25, 0.3) is 0 Å². The number of hydrogen-bond donors (Lipinski definition) is 1. The minimum atomic E-state index is -0.155. The Morgan fingerprint density at radius 2 is 1.94 bits per heavy atom. The van der Waals surface area contributed by atoms with Crippen molar-refractivity contribution in [1.29, 1.82) is 0 Å². The molecule has 0 fully saturated rings. The summed E-state index contributed by atoms with van der Waals surface area (Å²) in [6.07, 6.45) is 1.51. The van der Waals surface area contributed by atoms with E-state index in [9.17, 15) is 4.79 Å². The van der Waals surface area contributed by atoms with Gasteiger partial charge in [0.25, 0.3) is 5.56 Å². The molecule has 1 N–H and O–H groups in total. The lowest BCUT2D eigenvalue weighted by molar-refractivity contribution is 0.226. The number of aromatic amines is 1. The normalized spacial score (nSPS) is 12.1. The van der Waals surface area contributed by atoms with E-state index in [0.29, 0.717) is 5.75 Å². The van der Waals surface area contributed by atoms with Gasteiger partial charge in [-0.25, -0.2) is 0 Å². The molecular weight excluding hydrogens is 202 g/mol. The second kappa shape index (κ2) is 4.66. The third kappa shape index (κ3) is 2.51. The molecule has 82 valence electrons. The van der Waals surface area contributed by atoms with Gasteiger partial charge in [-0.15, -0.1) is 0 Å². The molecule has 0 bridgehead atoms. The number of ether oxygens (including phenoxy) is 1. The minimum absolute atomic E-state index is 0.0667. The van der Waals surface area contributed by atoms with E-state index in [-0.39, 0.29) is 11.7 Å². The van der Waals surface area contributed by atoms with Gasteiger partial charge < -0.3 is 9.72 Å². The number of aromatic nitrogens is 1. The van der Waals surface area contributed by atoms with Crippen molar-refractivity contribution in [2.24, 2.45) is 0 Å². The maximum absolute atomic E-state index is 11.1. The van der Waals surface area contributed by atoms with Crippen LogP contribution in [0.1, 0.15) is 18.6 Å². The first-order chi connectivity index (χ1) is 7.75.